The number of aliphatic carboxylic acids is 1. The van der Waals surface area contributed by atoms with Gasteiger partial charge in [0.2, 0.25) is 0 Å². The summed E-state index contributed by atoms with van der Waals surface area (Å²) < 4.78 is 0. The van der Waals surface area contributed by atoms with Crippen molar-refractivity contribution >= 4 is 17.3 Å². The number of nitrogens with zero attached hydrogens (tertiary/aromatic N) is 1. The zero-order valence-electron chi connectivity index (χ0n) is 12.6. The lowest BCUT2D eigenvalue weighted by Crippen LogP contribution is -2.19. The van der Waals surface area contributed by atoms with Crippen LogP contribution in [0, 0.1) is 28.9 Å². The van der Waals surface area contributed by atoms with Gasteiger partial charge in [0.05, 0.1) is 4.92 Å². The summed E-state index contributed by atoms with van der Waals surface area (Å²) in [5, 5.41) is 22.9. The van der Waals surface area contributed by atoms with Crippen LogP contribution in [0.1, 0.15) is 32.3 Å². The lowest BCUT2D eigenvalue weighted by Gasteiger charge is -2.18. The fourth-order valence-corrected chi connectivity index (χ4v) is 2.33. The first kappa shape index (κ1) is 16.9. The number of hydrogen-bond acceptors (Lipinski definition) is 4. The largest absolute Gasteiger partial charge is 0.481 e. The Morgan fingerprint density at radius 3 is 2.62 bits per heavy atom. The number of rotatable bonds is 8. The van der Waals surface area contributed by atoms with Crippen LogP contribution < -0.4 is 5.32 Å². The molecule has 0 bridgehead atoms. The smallest absolute Gasteiger partial charge is 0.303 e. The molecule has 0 radical (unpaired) electrons. The van der Waals surface area contributed by atoms with Crippen molar-refractivity contribution in [2.45, 2.75) is 33.6 Å². The number of aryl methyl sites for hydroxylation is 1. The molecular weight excluding hydrogens is 272 g/mol. The van der Waals surface area contributed by atoms with E-state index in [0.717, 1.165) is 6.42 Å². The summed E-state index contributed by atoms with van der Waals surface area (Å²) in [5.74, 6) is -0.413. The molecule has 1 atom stereocenters. The van der Waals surface area contributed by atoms with E-state index in [1.807, 2.05) is 13.8 Å². The van der Waals surface area contributed by atoms with Crippen molar-refractivity contribution in [2.24, 2.45) is 11.8 Å². The first-order valence-electron chi connectivity index (χ1n) is 7.00. The molecule has 2 N–H and O–H groups in total. The molecule has 0 saturated heterocycles. The number of anilines is 1. The molecule has 0 aliphatic heterocycles. The second kappa shape index (κ2) is 7.61. The van der Waals surface area contributed by atoms with Gasteiger partial charge in [-0.25, -0.2) is 0 Å². The number of carboxylic acids is 1. The van der Waals surface area contributed by atoms with Gasteiger partial charge in [-0.1, -0.05) is 19.9 Å². The van der Waals surface area contributed by atoms with Crippen molar-refractivity contribution in [3.8, 4) is 0 Å². The molecule has 0 fully saturated rings. The van der Waals surface area contributed by atoms with Crippen molar-refractivity contribution in [1.82, 2.24) is 0 Å². The molecule has 0 spiro atoms. The quantitative estimate of drug-likeness (QED) is 0.566. The summed E-state index contributed by atoms with van der Waals surface area (Å²) in [6.07, 6.45) is 0.895. The van der Waals surface area contributed by atoms with E-state index in [4.69, 9.17) is 5.11 Å². The molecular formula is C15H22N2O4. The monoisotopic (exact) mass is 294 g/mol. The minimum atomic E-state index is -0.822. The first-order valence-corrected chi connectivity index (χ1v) is 7.00. The lowest BCUT2D eigenvalue weighted by molar-refractivity contribution is -0.385. The molecule has 0 aliphatic rings. The van der Waals surface area contributed by atoms with Gasteiger partial charge in [-0.05, 0) is 31.2 Å². The predicted octanol–water partition coefficient (Wildman–Crippen LogP) is 3.45. The van der Waals surface area contributed by atoms with Gasteiger partial charge in [0.1, 0.15) is 0 Å². The molecule has 1 aromatic carbocycles. The number of nitro benzene ring substituents is 1. The maximum atomic E-state index is 10.9. The third-order valence-electron chi connectivity index (χ3n) is 3.27. The summed E-state index contributed by atoms with van der Waals surface area (Å²) in [7, 11) is 0. The third-order valence-corrected chi connectivity index (χ3v) is 3.27. The van der Waals surface area contributed by atoms with Gasteiger partial charge in [-0.3, -0.25) is 14.9 Å². The second-order valence-corrected chi connectivity index (χ2v) is 5.73. The number of carbonyl (C=O) groups is 1. The Morgan fingerprint density at radius 2 is 2.10 bits per heavy atom. The van der Waals surface area contributed by atoms with E-state index in [-0.39, 0.29) is 18.0 Å². The van der Waals surface area contributed by atoms with Crippen LogP contribution in [0.15, 0.2) is 18.2 Å². The lowest BCUT2D eigenvalue weighted by atomic mass is 9.94. The molecule has 116 valence electrons. The Kier molecular flexibility index (Phi) is 6.14. The van der Waals surface area contributed by atoms with Crippen LogP contribution in [0.5, 0.6) is 0 Å². The number of carboxylic acid groups (broad SMARTS) is 1. The Hall–Kier alpha value is -2.11. The van der Waals surface area contributed by atoms with Gasteiger partial charge in [0, 0.05) is 30.3 Å². The summed E-state index contributed by atoms with van der Waals surface area (Å²) >= 11 is 0. The Bertz CT molecular complexity index is 514. The van der Waals surface area contributed by atoms with Crippen LogP contribution in [0.3, 0.4) is 0 Å². The summed E-state index contributed by atoms with van der Waals surface area (Å²) in [4.78, 5) is 21.4. The third kappa shape index (κ3) is 5.81. The number of nitrogens with one attached hydrogen (secondary N) is 1. The molecule has 21 heavy (non-hydrogen) atoms. The molecule has 6 nitrogen and oxygen atoms in total. The van der Waals surface area contributed by atoms with E-state index >= 15 is 0 Å². The minimum absolute atomic E-state index is 0.00265. The van der Waals surface area contributed by atoms with E-state index in [2.05, 4.69) is 5.32 Å². The molecule has 0 amide bonds. The molecule has 1 aromatic rings. The van der Waals surface area contributed by atoms with Gasteiger partial charge < -0.3 is 10.4 Å². The van der Waals surface area contributed by atoms with Crippen molar-refractivity contribution in [3.05, 3.63) is 33.9 Å². The Morgan fingerprint density at radius 1 is 1.43 bits per heavy atom. The Balaban J connectivity index is 2.73. The van der Waals surface area contributed by atoms with Crippen LogP contribution in [0.4, 0.5) is 11.4 Å². The van der Waals surface area contributed by atoms with Crippen LogP contribution in [0.2, 0.25) is 0 Å². The highest BCUT2D eigenvalue weighted by Crippen LogP contribution is 2.23. The van der Waals surface area contributed by atoms with E-state index < -0.39 is 10.9 Å². The van der Waals surface area contributed by atoms with Crippen LogP contribution in [-0.2, 0) is 4.79 Å². The highest BCUT2D eigenvalue weighted by molar-refractivity contribution is 5.67. The SMILES string of the molecule is Cc1ccc(NCC(CC(=O)O)CC(C)C)cc1[N+](=O)[O-]. The zero-order chi connectivity index (χ0) is 16.0. The van der Waals surface area contributed by atoms with Crippen LogP contribution in [-0.4, -0.2) is 22.5 Å². The van der Waals surface area contributed by atoms with Crippen LogP contribution >= 0.6 is 0 Å². The Labute approximate surface area is 124 Å². The maximum Gasteiger partial charge on any atom is 0.303 e. The molecule has 0 heterocycles. The molecule has 0 saturated carbocycles. The molecule has 1 unspecified atom stereocenters. The highest BCUT2D eigenvalue weighted by Gasteiger charge is 2.16. The van der Waals surface area contributed by atoms with Crippen molar-refractivity contribution in [2.75, 3.05) is 11.9 Å². The minimum Gasteiger partial charge on any atom is -0.481 e. The van der Waals surface area contributed by atoms with Crippen molar-refractivity contribution in [3.63, 3.8) is 0 Å². The first-order chi connectivity index (χ1) is 9.79. The van der Waals surface area contributed by atoms with Gasteiger partial charge in [-0.15, -0.1) is 0 Å². The van der Waals surface area contributed by atoms with E-state index in [0.29, 0.717) is 23.7 Å². The molecule has 1 rings (SSSR count). The fraction of sp³-hybridized carbons (Fsp3) is 0.533. The van der Waals surface area contributed by atoms with E-state index in [9.17, 15) is 14.9 Å². The summed E-state index contributed by atoms with van der Waals surface area (Å²) in [5.41, 5.74) is 1.32. The highest BCUT2D eigenvalue weighted by atomic mass is 16.6. The zero-order valence-corrected chi connectivity index (χ0v) is 12.6. The molecule has 6 heteroatoms. The topological polar surface area (TPSA) is 92.5 Å². The average molecular weight is 294 g/mol. The number of hydrogen-bond donors (Lipinski definition) is 2. The van der Waals surface area contributed by atoms with Gasteiger partial charge >= 0.3 is 5.97 Å². The standard InChI is InChI=1S/C15H22N2O4/c1-10(2)6-12(7-15(18)19)9-16-13-5-4-11(3)14(8-13)17(20)21/h4-5,8,10,12,16H,6-7,9H2,1-3H3,(H,18,19). The number of benzene rings is 1. The van der Waals surface area contributed by atoms with Crippen molar-refractivity contribution in [1.29, 1.82) is 0 Å². The van der Waals surface area contributed by atoms with Gasteiger partial charge in [0.15, 0.2) is 0 Å². The van der Waals surface area contributed by atoms with Gasteiger partial charge in [0.25, 0.3) is 5.69 Å². The molecule has 0 aliphatic carbocycles. The van der Waals surface area contributed by atoms with E-state index in [1.165, 1.54) is 6.07 Å². The van der Waals surface area contributed by atoms with Gasteiger partial charge in [-0.2, -0.15) is 0 Å². The summed E-state index contributed by atoms with van der Waals surface area (Å²) in [6, 6.07) is 4.95. The predicted molar refractivity (Wildman–Crippen MR) is 81.5 cm³/mol. The second-order valence-electron chi connectivity index (χ2n) is 5.73. The van der Waals surface area contributed by atoms with Crippen LogP contribution in [0.25, 0.3) is 0 Å². The average Bonchev–Trinajstić information content (AvgIpc) is 2.35. The normalized spacial score (nSPS) is 12.2. The summed E-state index contributed by atoms with van der Waals surface area (Å²) in [6.45, 7) is 6.27. The van der Waals surface area contributed by atoms with Crippen molar-refractivity contribution < 1.29 is 14.8 Å². The number of nitro groups is 1. The molecule has 0 aromatic heterocycles. The fourth-order valence-electron chi connectivity index (χ4n) is 2.33. The van der Waals surface area contributed by atoms with E-state index in [1.54, 1.807) is 19.1 Å². The maximum absolute atomic E-state index is 10.9.